The van der Waals surface area contributed by atoms with E-state index in [0.29, 0.717) is 0 Å². The van der Waals surface area contributed by atoms with Gasteiger partial charge in [0, 0.05) is 25.2 Å². The van der Waals surface area contributed by atoms with Gasteiger partial charge in [-0.3, -0.25) is 0 Å². The zero-order valence-electron chi connectivity index (χ0n) is 11.1. The Morgan fingerprint density at radius 2 is 2.39 bits per heavy atom. The van der Waals surface area contributed by atoms with Gasteiger partial charge >= 0.3 is 0 Å². The van der Waals surface area contributed by atoms with Crippen LogP contribution in [0.4, 0.5) is 11.6 Å². The number of aromatic nitrogens is 2. The summed E-state index contributed by atoms with van der Waals surface area (Å²) in [7, 11) is 0. The van der Waals surface area contributed by atoms with Gasteiger partial charge in [-0.25, -0.2) is 9.97 Å². The van der Waals surface area contributed by atoms with E-state index in [2.05, 4.69) is 27.1 Å². The molecule has 0 bridgehead atoms. The molecule has 0 saturated carbocycles. The number of nitrogens with one attached hydrogen (secondary N) is 1. The Hall–Kier alpha value is -1.36. The third kappa shape index (κ3) is 3.32. The van der Waals surface area contributed by atoms with Crippen molar-refractivity contribution in [2.24, 2.45) is 5.92 Å². The Balaban J connectivity index is 2.06. The van der Waals surface area contributed by atoms with E-state index in [-0.39, 0.29) is 12.6 Å². The van der Waals surface area contributed by atoms with Gasteiger partial charge in [-0.05, 0) is 25.7 Å². The average molecular weight is 250 g/mol. The molecule has 2 rings (SSSR count). The number of piperidine rings is 1. The summed E-state index contributed by atoms with van der Waals surface area (Å²) in [4.78, 5) is 10.8. The van der Waals surface area contributed by atoms with Crippen LogP contribution in [0.15, 0.2) is 12.4 Å². The maximum Gasteiger partial charge on any atom is 0.134 e. The molecule has 2 heterocycles. The Morgan fingerprint density at radius 3 is 3.11 bits per heavy atom. The first-order valence-corrected chi connectivity index (χ1v) is 6.63. The Morgan fingerprint density at radius 1 is 1.56 bits per heavy atom. The molecule has 0 spiro atoms. The molecule has 5 nitrogen and oxygen atoms in total. The fraction of sp³-hybridized carbons (Fsp3) is 0.692. The summed E-state index contributed by atoms with van der Waals surface area (Å²) < 4.78 is 0. The van der Waals surface area contributed by atoms with E-state index in [9.17, 15) is 0 Å². The second-order valence-corrected chi connectivity index (χ2v) is 5.18. The van der Waals surface area contributed by atoms with Crippen molar-refractivity contribution < 1.29 is 5.11 Å². The second kappa shape index (κ2) is 6.00. The summed E-state index contributed by atoms with van der Waals surface area (Å²) in [6.07, 6.45) is 4.11. The molecule has 100 valence electrons. The minimum Gasteiger partial charge on any atom is -0.394 e. The number of nitrogens with zero attached hydrogens (tertiary/aromatic N) is 3. The highest BCUT2D eigenvalue weighted by Gasteiger charge is 2.18. The summed E-state index contributed by atoms with van der Waals surface area (Å²) in [6.45, 7) is 6.42. The van der Waals surface area contributed by atoms with Gasteiger partial charge in [0.05, 0.1) is 6.61 Å². The molecule has 5 heteroatoms. The zero-order valence-corrected chi connectivity index (χ0v) is 11.1. The van der Waals surface area contributed by atoms with E-state index >= 15 is 0 Å². The third-order valence-electron chi connectivity index (χ3n) is 3.30. The van der Waals surface area contributed by atoms with E-state index in [1.807, 2.05) is 13.0 Å². The van der Waals surface area contributed by atoms with Crippen molar-refractivity contribution in [2.75, 3.05) is 29.9 Å². The zero-order chi connectivity index (χ0) is 13.0. The van der Waals surface area contributed by atoms with Crippen molar-refractivity contribution in [3.8, 4) is 0 Å². The fourth-order valence-electron chi connectivity index (χ4n) is 2.29. The molecule has 0 aliphatic carbocycles. The normalized spacial score (nSPS) is 21.7. The number of rotatable bonds is 4. The second-order valence-electron chi connectivity index (χ2n) is 5.18. The summed E-state index contributed by atoms with van der Waals surface area (Å²) in [5.41, 5.74) is 0. The maximum absolute atomic E-state index is 9.03. The quantitative estimate of drug-likeness (QED) is 0.848. The molecular weight excluding hydrogens is 228 g/mol. The summed E-state index contributed by atoms with van der Waals surface area (Å²) in [5, 5.41) is 12.2. The van der Waals surface area contributed by atoms with Gasteiger partial charge in [0.2, 0.25) is 0 Å². The van der Waals surface area contributed by atoms with Gasteiger partial charge in [0.15, 0.2) is 0 Å². The minimum atomic E-state index is 0.00743. The predicted octanol–water partition coefficient (Wildman–Crippen LogP) is 1.51. The molecule has 2 N–H and O–H groups in total. The van der Waals surface area contributed by atoms with Crippen LogP contribution in [0.2, 0.25) is 0 Å². The molecule has 1 aliphatic heterocycles. The van der Waals surface area contributed by atoms with Crippen LogP contribution in [0.1, 0.15) is 26.7 Å². The molecular formula is C13H22N4O. The van der Waals surface area contributed by atoms with Crippen LogP contribution >= 0.6 is 0 Å². The van der Waals surface area contributed by atoms with Gasteiger partial charge in [0.1, 0.15) is 18.0 Å². The summed E-state index contributed by atoms with van der Waals surface area (Å²) >= 11 is 0. The first-order chi connectivity index (χ1) is 8.69. The van der Waals surface area contributed by atoms with Gasteiger partial charge in [-0.15, -0.1) is 0 Å². The van der Waals surface area contributed by atoms with Crippen molar-refractivity contribution in [1.82, 2.24) is 9.97 Å². The Kier molecular flexibility index (Phi) is 4.36. The highest BCUT2D eigenvalue weighted by atomic mass is 16.3. The van der Waals surface area contributed by atoms with Crippen LogP contribution in [0.5, 0.6) is 0 Å². The molecule has 1 saturated heterocycles. The molecule has 1 aromatic rings. The number of hydrogen-bond donors (Lipinski definition) is 2. The van der Waals surface area contributed by atoms with E-state index in [1.54, 1.807) is 6.33 Å². The molecule has 0 amide bonds. The van der Waals surface area contributed by atoms with Gasteiger partial charge in [0.25, 0.3) is 0 Å². The van der Waals surface area contributed by atoms with Gasteiger partial charge < -0.3 is 15.3 Å². The van der Waals surface area contributed by atoms with Crippen LogP contribution in [0, 0.1) is 5.92 Å². The molecule has 1 fully saturated rings. The molecule has 18 heavy (non-hydrogen) atoms. The molecule has 0 aromatic carbocycles. The van der Waals surface area contributed by atoms with E-state index < -0.39 is 0 Å². The van der Waals surface area contributed by atoms with E-state index in [0.717, 1.165) is 30.6 Å². The standard InChI is InChI=1S/C13H22N4O/c1-10-4-3-5-17(7-10)13-6-12(14-9-15-13)16-11(2)8-18/h6,9-11,18H,3-5,7-8H2,1-2H3,(H,14,15,16)/t10-,11+/m0/s1. The monoisotopic (exact) mass is 250 g/mol. The lowest BCUT2D eigenvalue weighted by atomic mass is 10.0. The van der Waals surface area contributed by atoms with Crippen LogP contribution in [-0.4, -0.2) is 40.8 Å². The molecule has 2 atom stereocenters. The van der Waals surface area contributed by atoms with Crippen molar-refractivity contribution in [3.63, 3.8) is 0 Å². The summed E-state index contributed by atoms with van der Waals surface area (Å²) in [5.74, 6) is 2.48. The SMILES string of the molecule is C[C@H]1CCCN(c2cc(N[C@H](C)CO)ncn2)C1. The van der Waals surface area contributed by atoms with Crippen molar-refractivity contribution in [2.45, 2.75) is 32.7 Å². The van der Waals surface area contributed by atoms with Crippen molar-refractivity contribution in [1.29, 1.82) is 0 Å². The molecule has 1 aliphatic rings. The lowest BCUT2D eigenvalue weighted by Crippen LogP contribution is -2.35. The largest absolute Gasteiger partial charge is 0.394 e. The lowest BCUT2D eigenvalue weighted by molar-refractivity contribution is 0.281. The third-order valence-corrected chi connectivity index (χ3v) is 3.30. The van der Waals surface area contributed by atoms with Gasteiger partial charge in [-0.2, -0.15) is 0 Å². The first kappa shape index (κ1) is 13.1. The van der Waals surface area contributed by atoms with Crippen LogP contribution in [0.25, 0.3) is 0 Å². The van der Waals surface area contributed by atoms with E-state index in [4.69, 9.17) is 5.11 Å². The first-order valence-electron chi connectivity index (χ1n) is 6.63. The molecule has 0 radical (unpaired) electrons. The average Bonchev–Trinajstić information content (AvgIpc) is 2.39. The van der Waals surface area contributed by atoms with Crippen molar-refractivity contribution >= 4 is 11.6 Å². The highest BCUT2D eigenvalue weighted by Crippen LogP contribution is 2.22. The van der Waals surface area contributed by atoms with Crippen LogP contribution < -0.4 is 10.2 Å². The predicted molar refractivity (Wildman–Crippen MR) is 72.8 cm³/mol. The maximum atomic E-state index is 9.03. The Labute approximate surface area is 108 Å². The fourth-order valence-corrected chi connectivity index (χ4v) is 2.29. The molecule has 1 aromatic heterocycles. The van der Waals surface area contributed by atoms with Crippen LogP contribution in [0.3, 0.4) is 0 Å². The number of anilines is 2. The van der Waals surface area contributed by atoms with Crippen molar-refractivity contribution in [3.05, 3.63) is 12.4 Å². The van der Waals surface area contributed by atoms with Gasteiger partial charge in [-0.1, -0.05) is 6.92 Å². The summed E-state index contributed by atoms with van der Waals surface area (Å²) in [6, 6.07) is 1.97. The number of aliphatic hydroxyl groups is 1. The topological polar surface area (TPSA) is 61.3 Å². The van der Waals surface area contributed by atoms with E-state index in [1.165, 1.54) is 12.8 Å². The number of aliphatic hydroxyl groups excluding tert-OH is 1. The Bertz CT molecular complexity index is 385. The highest BCUT2D eigenvalue weighted by molar-refractivity contribution is 5.49. The van der Waals surface area contributed by atoms with Crippen LogP contribution in [-0.2, 0) is 0 Å². The lowest BCUT2D eigenvalue weighted by Gasteiger charge is -2.31. The smallest absolute Gasteiger partial charge is 0.134 e. The minimum absolute atomic E-state index is 0.00743. The molecule has 0 unspecified atom stereocenters. The number of hydrogen-bond acceptors (Lipinski definition) is 5.